The Balaban J connectivity index is 2.56. The fraction of sp³-hybridized carbons (Fsp3) is 0.462. The molecule has 17 heavy (non-hydrogen) atoms. The van der Waals surface area contributed by atoms with Crippen molar-refractivity contribution in [3.63, 3.8) is 0 Å². The molecule has 0 radical (unpaired) electrons. The number of halogens is 1. The van der Waals surface area contributed by atoms with E-state index in [0.29, 0.717) is 11.3 Å². The third-order valence-electron chi connectivity index (χ3n) is 2.45. The van der Waals surface area contributed by atoms with E-state index in [-0.39, 0.29) is 11.4 Å². The van der Waals surface area contributed by atoms with Crippen molar-refractivity contribution in [2.75, 3.05) is 5.75 Å². The van der Waals surface area contributed by atoms with E-state index < -0.39 is 5.97 Å². The van der Waals surface area contributed by atoms with Crippen molar-refractivity contribution in [2.45, 2.75) is 31.9 Å². The molecular formula is C13H17FO2S. The van der Waals surface area contributed by atoms with Gasteiger partial charge >= 0.3 is 5.97 Å². The second-order valence-corrected chi connectivity index (χ2v) is 4.97. The number of hydrogen-bond donors (Lipinski definition) is 1. The quantitative estimate of drug-likeness (QED) is 0.751. The maximum Gasteiger partial charge on any atom is 0.335 e. The summed E-state index contributed by atoms with van der Waals surface area (Å²) in [5.74, 6) is 0.181. The highest BCUT2D eigenvalue weighted by atomic mass is 32.2. The lowest BCUT2D eigenvalue weighted by Crippen LogP contribution is -2.02. The number of benzene rings is 1. The summed E-state index contributed by atoms with van der Waals surface area (Å²) in [4.78, 5) is 10.9. The van der Waals surface area contributed by atoms with Gasteiger partial charge in [-0.05, 0) is 35.9 Å². The lowest BCUT2D eigenvalue weighted by molar-refractivity contribution is 0.0696. The molecule has 4 heteroatoms. The SMILES string of the molecule is CCCCCSCc1cc(F)ccc1C(=O)O. The largest absolute Gasteiger partial charge is 0.478 e. The molecular weight excluding hydrogens is 239 g/mol. The van der Waals surface area contributed by atoms with Crippen LogP contribution in [0.2, 0.25) is 0 Å². The van der Waals surface area contributed by atoms with Crippen molar-refractivity contribution in [3.05, 3.63) is 35.1 Å². The number of rotatable bonds is 7. The molecule has 0 atom stereocenters. The zero-order valence-corrected chi connectivity index (χ0v) is 10.7. The van der Waals surface area contributed by atoms with Gasteiger partial charge in [-0.2, -0.15) is 11.8 Å². The van der Waals surface area contributed by atoms with E-state index in [0.717, 1.165) is 12.2 Å². The van der Waals surface area contributed by atoms with Crippen molar-refractivity contribution >= 4 is 17.7 Å². The van der Waals surface area contributed by atoms with E-state index in [4.69, 9.17) is 5.11 Å². The molecule has 1 aromatic carbocycles. The Hall–Kier alpha value is -1.03. The number of thioether (sulfide) groups is 1. The molecule has 0 aromatic heterocycles. The monoisotopic (exact) mass is 256 g/mol. The van der Waals surface area contributed by atoms with Crippen molar-refractivity contribution in [2.24, 2.45) is 0 Å². The van der Waals surface area contributed by atoms with Gasteiger partial charge in [0.25, 0.3) is 0 Å². The third kappa shape index (κ3) is 4.77. The minimum absolute atomic E-state index is 0.203. The van der Waals surface area contributed by atoms with Gasteiger partial charge in [0.1, 0.15) is 5.82 Å². The summed E-state index contributed by atoms with van der Waals surface area (Å²) >= 11 is 1.66. The van der Waals surface area contributed by atoms with Gasteiger partial charge in [-0.3, -0.25) is 0 Å². The number of carbonyl (C=O) groups is 1. The van der Waals surface area contributed by atoms with Gasteiger partial charge in [0.05, 0.1) is 5.56 Å². The van der Waals surface area contributed by atoms with Gasteiger partial charge in [-0.25, -0.2) is 9.18 Å². The molecule has 0 fully saturated rings. The van der Waals surface area contributed by atoms with Crippen molar-refractivity contribution < 1.29 is 14.3 Å². The van der Waals surface area contributed by atoms with Crippen LogP contribution in [-0.2, 0) is 5.75 Å². The van der Waals surface area contributed by atoms with E-state index >= 15 is 0 Å². The molecule has 1 aromatic rings. The van der Waals surface area contributed by atoms with E-state index in [1.807, 2.05) is 0 Å². The number of hydrogen-bond acceptors (Lipinski definition) is 2. The van der Waals surface area contributed by atoms with E-state index in [9.17, 15) is 9.18 Å². The summed E-state index contributed by atoms with van der Waals surface area (Å²) in [5.41, 5.74) is 0.772. The van der Waals surface area contributed by atoms with E-state index in [2.05, 4.69) is 6.92 Å². The molecule has 0 aliphatic carbocycles. The van der Waals surface area contributed by atoms with Crippen LogP contribution in [0.3, 0.4) is 0 Å². The Labute approximate surface area is 105 Å². The van der Waals surface area contributed by atoms with Crippen LogP contribution in [0.25, 0.3) is 0 Å². The molecule has 94 valence electrons. The molecule has 1 N–H and O–H groups in total. The Morgan fingerprint density at radius 3 is 2.82 bits per heavy atom. The van der Waals surface area contributed by atoms with Gasteiger partial charge in [0.15, 0.2) is 0 Å². The topological polar surface area (TPSA) is 37.3 Å². The molecule has 1 rings (SSSR count). The van der Waals surface area contributed by atoms with Crippen LogP contribution in [-0.4, -0.2) is 16.8 Å². The second kappa shape index (κ2) is 7.33. The number of aromatic carboxylic acids is 1. The second-order valence-electron chi connectivity index (χ2n) is 3.87. The van der Waals surface area contributed by atoms with Gasteiger partial charge in [0, 0.05) is 5.75 Å². The minimum atomic E-state index is -0.992. The van der Waals surface area contributed by atoms with Crippen molar-refractivity contribution in [1.29, 1.82) is 0 Å². The molecule has 0 aliphatic heterocycles. The number of unbranched alkanes of at least 4 members (excludes halogenated alkanes) is 2. The summed E-state index contributed by atoms with van der Waals surface area (Å²) in [7, 11) is 0. The van der Waals surface area contributed by atoms with Crippen LogP contribution >= 0.6 is 11.8 Å². The molecule has 0 aliphatic rings. The van der Waals surface area contributed by atoms with Crippen molar-refractivity contribution in [1.82, 2.24) is 0 Å². The lowest BCUT2D eigenvalue weighted by atomic mass is 10.1. The van der Waals surface area contributed by atoms with Crippen LogP contribution in [0.5, 0.6) is 0 Å². The number of carboxylic acid groups (broad SMARTS) is 1. The zero-order chi connectivity index (χ0) is 12.7. The first kappa shape index (κ1) is 14.0. The standard InChI is InChI=1S/C13H17FO2S/c1-2-3-4-7-17-9-10-8-11(14)5-6-12(10)13(15)16/h5-6,8H,2-4,7,9H2,1H3,(H,15,16). The van der Waals surface area contributed by atoms with Crippen LogP contribution in [0.4, 0.5) is 4.39 Å². The molecule has 0 saturated heterocycles. The summed E-state index contributed by atoms with van der Waals surface area (Å²) in [5, 5.41) is 8.97. The minimum Gasteiger partial charge on any atom is -0.478 e. The maximum absolute atomic E-state index is 13.0. The summed E-state index contributed by atoms with van der Waals surface area (Å²) in [6.07, 6.45) is 3.47. The fourth-order valence-corrected chi connectivity index (χ4v) is 2.54. The van der Waals surface area contributed by atoms with E-state index in [1.54, 1.807) is 11.8 Å². The first-order valence-electron chi connectivity index (χ1n) is 5.74. The Morgan fingerprint density at radius 1 is 1.41 bits per heavy atom. The third-order valence-corrected chi connectivity index (χ3v) is 3.54. The maximum atomic E-state index is 13.0. The predicted octanol–water partition coefficient (Wildman–Crippen LogP) is 3.95. The highest BCUT2D eigenvalue weighted by molar-refractivity contribution is 7.98. The van der Waals surface area contributed by atoms with Gasteiger partial charge in [0.2, 0.25) is 0 Å². The summed E-state index contributed by atoms with van der Waals surface area (Å²) in [6.45, 7) is 2.14. The molecule has 0 spiro atoms. The zero-order valence-electron chi connectivity index (χ0n) is 9.91. The number of carboxylic acids is 1. The first-order chi connectivity index (χ1) is 8.15. The van der Waals surface area contributed by atoms with Crippen molar-refractivity contribution in [3.8, 4) is 0 Å². The normalized spacial score (nSPS) is 10.5. The molecule has 0 heterocycles. The van der Waals surface area contributed by atoms with Gasteiger partial charge in [-0.15, -0.1) is 0 Å². The average molecular weight is 256 g/mol. The van der Waals surface area contributed by atoms with Gasteiger partial charge in [-0.1, -0.05) is 19.8 Å². The molecule has 0 unspecified atom stereocenters. The first-order valence-corrected chi connectivity index (χ1v) is 6.90. The average Bonchev–Trinajstić information content (AvgIpc) is 2.28. The Bertz CT molecular complexity index is 380. The van der Waals surface area contributed by atoms with Crippen LogP contribution in [0, 0.1) is 5.82 Å². The summed E-state index contributed by atoms with van der Waals surface area (Å²) < 4.78 is 13.0. The molecule has 0 saturated carbocycles. The Morgan fingerprint density at radius 2 is 2.18 bits per heavy atom. The molecule has 2 nitrogen and oxygen atoms in total. The predicted molar refractivity (Wildman–Crippen MR) is 69.0 cm³/mol. The van der Waals surface area contributed by atoms with Crippen LogP contribution in [0.1, 0.15) is 42.1 Å². The Kier molecular flexibility index (Phi) is 6.05. The smallest absolute Gasteiger partial charge is 0.335 e. The fourth-order valence-electron chi connectivity index (χ4n) is 1.53. The molecule has 0 bridgehead atoms. The highest BCUT2D eigenvalue weighted by Crippen LogP contribution is 2.19. The van der Waals surface area contributed by atoms with Crippen LogP contribution in [0.15, 0.2) is 18.2 Å². The lowest BCUT2D eigenvalue weighted by Gasteiger charge is -2.06. The summed E-state index contributed by atoms with van der Waals surface area (Å²) in [6, 6.07) is 3.84. The highest BCUT2D eigenvalue weighted by Gasteiger charge is 2.10. The molecule has 0 amide bonds. The van der Waals surface area contributed by atoms with E-state index in [1.165, 1.54) is 31.0 Å². The van der Waals surface area contributed by atoms with Crippen LogP contribution < -0.4 is 0 Å². The van der Waals surface area contributed by atoms with Gasteiger partial charge < -0.3 is 5.11 Å².